The van der Waals surface area contributed by atoms with Crippen molar-refractivity contribution < 1.29 is 7.96 Å². The molecular weight excluding hydrogens is 76.1 g/mol. The van der Waals surface area contributed by atoms with Gasteiger partial charge >= 0.3 is 0 Å². The molecule has 1 unspecified atom stereocenters. The van der Waals surface area contributed by atoms with E-state index in [2.05, 4.69) is 6.92 Å². The smallest absolute Gasteiger partial charge is 0.0456 e. The van der Waals surface area contributed by atoms with Gasteiger partial charge in [-0.2, -0.15) is 0 Å². The number of hydrogen-bond acceptors (Lipinski definition) is 1. The molecule has 0 fully saturated rings. The summed E-state index contributed by atoms with van der Waals surface area (Å²) in [5, 5.41) is 8.33. The van der Waals surface area contributed by atoms with Crippen LogP contribution in [-0.4, -0.2) is 11.7 Å². The molecule has 1 atom stereocenters. The average Bonchev–Trinajstić information content (AvgIpc) is 1.65. The predicted octanol–water partition coefficient (Wildman–Crippen LogP) is 1.52. The lowest BCUT2D eigenvalue weighted by atomic mass is 10.1. The Morgan fingerprint density at radius 2 is 2.33 bits per heavy atom. The molecule has 1 nitrogen and oxygen atoms in total. The Morgan fingerprint density at radius 1 is 1.83 bits per heavy atom. The summed E-state index contributed by atoms with van der Waals surface area (Å²) >= 11 is 0. The number of aliphatic hydroxyl groups is 1. The van der Waals surface area contributed by atoms with Crippen LogP contribution in [0.1, 0.15) is 23.1 Å². The first kappa shape index (κ1) is 5.96. The molecule has 42 valence electrons. The summed E-state index contributed by atoms with van der Waals surface area (Å²) in [4.78, 5) is 0. The standard InChI is InChI=1S/C5H12O.2H2/c1-3-5(2)4-6;;/h5-6H,3-4H2,1-2H3;2*1H. The van der Waals surface area contributed by atoms with Crippen LogP contribution in [0.15, 0.2) is 0 Å². The van der Waals surface area contributed by atoms with Gasteiger partial charge in [0.15, 0.2) is 0 Å². The van der Waals surface area contributed by atoms with Gasteiger partial charge in [-0.25, -0.2) is 0 Å². The van der Waals surface area contributed by atoms with E-state index in [0.29, 0.717) is 12.5 Å². The van der Waals surface area contributed by atoms with Crippen LogP contribution in [0.4, 0.5) is 0 Å². The molecule has 1 heteroatoms. The molecule has 0 rings (SSSR count). The molecule has 0 aromatic carbocycles. The van der Waals surface area contributed by atoms with E-state index in [0.717, 1.165) is 6.42 Å². The van der Waals surface area contributed by atoms with E-state index in [4.69, 9.17) is 5.11 Å². The van der Waals surface area contributed by atoms with Crippen LogP contribution in [0.25, 0.3) is 0 Å². The molecule has 0 aliphatic carbocycles. The average molecular weight is 92.2 g/mol. The van der Waals surface area contributed by atoms with Gasteiger partial charge in [0, 0.05) is 9.46 Å². The van der Waals surface area contributed by atoms with Crippen LogP contribution in [-0.2, 0) is 0 Å². The van der Waals surface area contributed by atoms with Crippen molar-refractivity contribution in [2.24, 2.45) is 5.92 Å². The van der Waals surface area contributed by atoms with E-state index in [9.17, 15) is 0 Å². The van der Waals surface area contributed by atoms with Crippen molar-refractivity contribution >= 4 is 0 Å². The molecule has 0 saturated heterocycles. The number of rotatable bonds is 2. The number of hydrogen-bond donors (Lipinski definition) is 1. The van der Waals surface area contributed by atoms with Crippen LogP contribution >= 0.6 is 0 Å². The van der Waals surface area contributed by atoms with Gasteiger partial charge in [0.2, 0.25) is 0 Å². The van der Waals surface area contributed by atoms with Crippen LogP contribution in [0.2, 0.25) is 0 Å². The summed E-state index contributed by atoms with van der Waals surface area (Å²) in [7, 11) is 0. The minimum atomic E-state index is 0. The quantitative estimate of drug-likeness (QED) is 0.547. The highest BCUT2D eigenvalue weighted by molar-refractivity contribution is 4.41. The second-order valence-electron chi connectivity index (χ2n) is 1.70. The van der Waals surface area contributed by atoms with Gasteiger partial charge in [0.25, 0.3) is 0 Å². The fourth-order valence-corrected chi connectivity index (χ4v) is 0.129. The van der Waals surface area contributed by atoms with Gasteiger partial charge < -0.3 is 5.11 Å². The zero-order valence-electron chi connectivity index (χ0n) is 4.44. The molecule has 0 bridgehead atoms. The fraction of sp³-hybridized carbons (Fsp3) is 1.00. The fourth-order valence-electron chi connectivity index (χ4n) is 0.129. The van der Waals surface area contributed by atoms with Crippen molar-refractivity contribution in [3.05, 3.63) is 0 Å². The van der Waals surface area contributed by atoms with E-state index in [1.54, 1.807) is 0 Å². The maximum Gasteiger partial charge on any atom is 0.0456 e. The lowest BCUT2D eigenvalue weighted by Crippen LogP contribution is -1.96. The molecule has 0 heterocycles. The van der Waals surface area contributed by atoms with Gasteiger partial charge in [0.05, 0.1) is 0 Å². The molecule has 0 aliphatic rings. The molecule has 1 N–H and O–H groups in total. The first-order valence-electron chi connectivity index (χ1n) is 2.42. The van der Waals surface area contributed by atoms with Crippen molar-refractivity contribution in [3.8, 4) is 0 Å². The van der Waals surface area contributed by atoms with E-state index < -0.39 is 0 Å². The zero-order chi connectivity index (χ0) is 4.99. The topological polar surface area (TPSA) is 20.2 Å². The third-order valence-corrected chi connectivity index (χ3v) is 1.01. The van der Waals surface area contributed by atoms with Crippen LogP contribution in [0, 0.1) is 5.92 Å². The lowest BCUT2D eigenvalue weighted by Gasteiger charge is -1.98. The molecular formula is C5H16O. The van der Waals surface area contributed by atoms with E-state index in [1.807, 2.05) is 6.92 Å². The summed E-state index contributed by atoms with van der Waals surface area (Å²) in [6, 6.07) is 0. The highest BCUT2D eigenvalue weighted by Crippen LogP contribution is 1.95. The summed E-state index contributed by atoms with van der Waals surface area (Å²) < 4.78 is 0. The normalized spacial score (nSPS) is 14.5. The summed E-state index contributed by atoms with van der Waals surface area (Å²) in [5.74, 6) is 0.491. The Balaban J connectivity index is -0.000000125. The van der Waals surface area contributed by atoms with Crippen molar-refractivity contribution in [2.75, 3.05) is 6.61 Å². The molecule has 0 aromatic heterocycles. The maximum atomic E-state index is 8.33. The maximum absolute atomic E-state index is 8.33. The number of aliphatic hydroxyl groups excluding tert-OH is 1. The van der Waals surface area contributed by atoms with Crippen molar-refractivity contribution in [1.82, 2.24) is 0 Å². The molecule has 0 spiro atoms. The van der Waals surface area contributed by atoms with E-state index in [-0.39, 0.29) is 2.85 Å². The highest BCUT2D eigenvalue weighted by Gasteiger charge is 1.90. The van der Waals surface area contributed by atoms with Crippen molar-refractivity contribution in [2.45, 2.75) is 20.3 Å². The third kappa shape index (κ3) is 2.21. The monoisotopic (exact) mass is 92.1 g/mol. The summed E-state index contributed by atoms with van der Waals surface area (Å²) in [5.41, 5.74) is 0. The van der Waals surface area contributed by atoms with E-state index in [1.165, 1.54) is 0 Å². The SMILES string of the molecule is CCC(C)CO.[HH].[HH]. The second-order valence-corrected chi connectivity index (χ2v) is 1.70. The summed E-state index contributed by atoms with van der Waals surface area (Å²) in [6.45, 7) is 4.43. The summed E-state index contributed by atoms with van der Waals surface area (Å²) in [6.07, 6.45) is 1.08. The third-order valence-electron chi connectivity index (χ3n) is 1.01. The minimum absolute atomic E-state index is 0. The largest absolute Gasteiger partial charge is 0.396 e. The van der Waals surface area contributed by atoms with Crippen LogP contribution in [0.5, 0.6) is 0 Å². The van der Waals surface area contributed by atoms with E-state index >= 15 is 0 Å². The Hall–Kier alpha value is -0.0400. The van der Waals surface area contributed by atoms with Gasteiger partial charge in [-0.05, 0) is 5.92 Å². The Kier molecular flexibility index (Phi) is 3.14. The Morgan fingerprint density at radius 3 is 2.33 bits per heavy atom. The van der Waals surface area contributed by atoms with Crippen LogP contribution < -0.4 is 0 Å². The van der Waals surface area contributed by atoms with Gasteiger partial charge in [0.1, 0.15) is 0 Å². The molecule has 0 amide bonds. The molecule has 0 saturated carbocycles. The lowest BCUT2D eigenvalue weighted by molar-refractivity contribution is 0.234. The van der Waals surface area contributed by atoms with Gasteiger partial charge in [-0.15, -0.1) is 0 Å². The first-order valence-corrected chi connectivity index (χ1v) is 2.42. The molecule has 0 aliphatic heterocycles. The Bertz CT molecular complexity index is 29.6. The zero-order valence-corrected chi connectivity index (χ0v) is 4.44. The highest BCUT2D eigenvalue weighted by atomic mass is 16.3. The molecule has 0 aromatic rings. The van der Waals surface area contributed by atoms with Crippen molar-refractivity contribution in [3.63, 3.8) is 0 Å². The van der Waals surface area contributed by atoms with Crippen LogP contribution in [0.3, 0.4) is 0 Å². The Labute approximate surface area is 42.0 Å². The second kappa shape index (κ2) is 3.16. The molecule has 0 radical (unpaired) electrons. The van der Waals surface area contributed by atoms with Crippen molar-refractivity contribution in [1.29, 1.82) is 0 Å². The van der Waals surface area contributed by atoms with Gasteiger partial charge in [-0.3, -0.25) is 0 Å². The first-order chi connectivity index (χ1) is 2.81. The molecule has 6 heavy (non-hydrogen) atoms. The predicted molar refractivity (Wildman–Crippen MR) is 30.8 cm³/mol. The van der Waals surface area contributed by atoms with Gasteiger partial charge in [-0.1, -0.05) is 20.3 Å². The minimum Gasteiger partial charge on any atom is -0.396 e.